The van der Waals surface area contributed by atoms with E-state index in [2.05, 4.69) is 17.6 Å². The summed E-state index contributed by atoms with van der Waals surface area (Å²) in [6, 6.07) is 7.56. The van der Waals surface area contributed by atoms with E-state index >= 15 is 0 Å². The number of carbonyl (C=O) groups excluding carboxylic acids is 1. The van der Waals surface area contributed by atoms with Crippen molar-refractivity contribution >= 4 is 5.91 Å². The number of amides is 1. The summed E-state index contributed by atoms with van der Waals surface area (Å²) in [6.07, 6.45) is 0.955. The van der Waals surface area contributed by atoms with Crippen LogP contribution in [0.4, 0.5) is 0 Å². The monoisotopic (exact) mass is 264 g/mol. The van der Waals surface area contributed by atoms with Crippen LogP contribution >= 0.6 is 0 Å². The number of hydrogen-bond donors (Lipinski definition) is 2. The predicted molar refractivity (Wildman–Crippen MR) is 77.7 cm³/mol. The largest absolute Gasteiger partial charge is 0.494 e. The zero-order chi connectivity index (χ0) is 14.1. The SMILES string of the molecule is CCCOc1cccc(C(=O)NC[C@@H](C)NCC)c1. The fraction of sp³-hybridized carbons (Fsp3) is 0.533. The molecule has 106 valence electrons. The van der Waals surface area contributed by atoms with Crippen LogP contribution in [-0.4, -0.2) is 31.6 Å². The Balaban J connectivity index is 2.51. The molecule has 0 unspecified atom stereocenters. The van der Waals surface area contributed by atoms with E-state index in [1.165, 1.54) is 0 Å². The van der Waals surface area contributed by atoms with E-state index in [0.29, 0.717) is 18.7 Å². The van der Waals surface area contributed by atoms with Crippen molar-refractivity contribution in [2.75, 3.05) is 19.7 Å². The average Bonchev–Trinajstić information content (AvgIpc) is 2.43. The van der Waals surface area contributed by atoms with Crippen LogP contribution in [0.25, 0.3) is 0 Å². The molecular weight excluding hydrogens is 240 g/mol. The van der Waals surface area contributed by atoms with Crippen molar-refractivity contribution in [2.45, 2.75) is 33.2 Å². The topological polar surface area (TPSA) is 50.4 Å². The summed E-state index contributed by atoms with van der Waals surface area (Å²) in [5, 5.41) is 6.16. The first-order chi connectivity index (χ1) is 9.17. The standard InChI is InChI=1S/C15H24N2O2/c1-4-9-19-14-8-6-7-13(10-14)15(18)17-11-12(3)16-5-2/h6-8,10,12,16H,4-5,9,11H2,1-3H3,(H,17,18)/t12-/m1/s1. The second-order valence-electron chi connectivity index (χ2n) is 4.55. The first kappa shape index (κ1) is 15.5. The molecule has 0 saturated heterocycles. The van der Waals surface area contributed by atoms with Gasteiger partial charge in [-0.2, -0.15) is 0 Å². The highest BCUT2D eigenvalue weighted by Crippen LogP contribution is 2.13. The van der Waals surface area contributed by atoms with Crippen LogP contribution in [0.15, 0.2) is 24.3 Å². The number of rotatable bonds is 8. The molecule has 0 bridgehead atoms. The van der Waals surface area contributed by atoms with Gasteiger partial charge in [0.15, 0.2) is 0 Å². The summed E-state index contributed by atoms with van der Waals surface area (Å²) in [6.45, 7) is 8.34. The Hall–Kier alpha value is -1.55. The zero-order valence-corrected chi connectivity index (χ0v) is 12.0. The van der Waals surface area contributed by atoms with E-state index < -0.39 is 0 Å². The Morgan fingerprint density at radius 2 is 2.16 bits per heavy atom. The number of benzene rings is 1. The Kier molecular flexibility index (Phi) is 6.97. The highest BCUT2D eigenvalue weighted by molar-refractivity contribution is 5.94. The maximum absolute atomic E-state index is 12.0. The first-order valence-corrected chi connectivity index (χ1v) is 6.91. The van der Waals surface area contributed by atoms with Crippen LogP contribution in [0.1, 0.15) is 37.6 Å². The first-order valence-electron chi connectivity index (χ1n) is 6.91. The zero-order valence-electron chi connectivity index (χ0n) is 12.0. The molecule has 1 aromatic rings. The molecule has 0 aliphatic rings. The third kappa shape index (κ3) is 5.75. The van der Waals surface area contributed by atoms with E-state index in [1.54, 1.807) is 12.1 Å². The third-order valence-corrected chi connectivity index (χ3v) is 2.69. The molecule has 0 radical (unpaired) electrons. The number of carbonyl (C=O) groups is 1. The summed E-state index contributed by atoms with van der Waals surface area (Å²) in [7, 11) is 0. The molecule has 0 aliphatic heterocycles. The Morgan fingerprint density at radius 3 is 2.84 bits per heavy atom. The number of likely N-dealkylation sites (N-methyl/N-ethyl adjacent to an activating group) is 1. The van der Waals surface area contributed by atoms with Crippen molar-refractivity contribution in [1.82, 2.24) is 10.6 Å². The molecule has 4 nitrogen and oxygen atoms in total. The summed E-state index contributed by atoms with van der Waals surface area (Å²) in [5.41, 5.74) is 0.636. The number of hydrogen-bond acceptors (Lipinski definition) is 3. The minimum atomic E-state index is -0.0632. The maximum Gasteiger partial charge on any atom is 0.251 e. The lowest BCUT2D eigenvalue weighted by Crippen LogP contribution is -2.38. The second-order valence-corrected chi connectivity index (χ2v) is 4.55. The minimum absolute atomic E-state index is 0.0632. The molecule has 4 heteroatoms. The van der Waals surface area contributed by atoms with Gasteiger partial charge >= 0.3 is 0 Å². The quantitative estimate of drug-likeness (QED) is 0.757. The molecule has 0 aliphatic carbocycles. The molecule has 19 heavy (non-hydrogen) atoms. The van der Waals surface area contributed by atoms with Gasteiger partial charge in [0.25, 0.3) is 5.91 Å². The Bertz CT molecular complexity index is 393. The van der Waals surface area contributed by atoms with Crippen LogP contribution in [0.2, 0.25) is 0 Å². The van der Waals surface area contributed by atoms with Gasteiger partial charge in [0, 0.05) is 18.2 Å². The fourth-order valence-corrected chi connectivity index (χ4v) is 1.72. The van der Waals surface area contributed by atoms with Gasteiger partial charge in [-0.15, -0.1) is 0 Å². The fourth-order valence-electron chi connectivity index (χ4n) is 1.72. The van der Waals surface area contributed by atoms with Crippen LogP contribution in [-0.2, 0) is 0 Å². The third-order valence-electron chi connectivity index (χ3n) is 2.69. The van der Waals surface area contributed by atoms with Crippen molar-refractivity contribution in [1.29, 1.82) is 0 Å². The molecule has 0 spiro atoms. The summed E-state index contributed by atoms with van der Waals surface area (Å²) >= 11 is 0. The predicted octanol–water partition coefficient (Wildman–Crippen LogP) is 2.20. The maximum atomic E-state index is 12.0. The lowest BCUT2D eigenvalue weighted by Gasteiger charge is -2.13. The molecule has 0 fully saturated rings. The molecule has 0 saturated carbocycles. The van der Waals surface area contributed by atoms with Gasteiger partial charge in [0.05, 0.1) is 6.61 Å². The van der Waals surface area contributed by atoms with Crippen molar-refractivity contribution in [3.05, 3.63) is 29.8 Å². The lowest BCUT2D eigenvalue weighted by atomic mass is 10.2. The summed E-state index contributed by atoms with van der Waals surface area (Å²) in [5.74, 6) is 0.681. The minimum Gasteiger partial charge on any atom is -0.494 e. The van der Waals surface area contributed by atoms with E-state index in [0.717, 1.165) is 18.7 Å². The molecular formula is C15H24N2O2. The summed E-state index contributed by atoms with van der Waals surface area (Å²) in [4.78, 5) is 12.0. The van der Waals surface area contributed by atoms with Gasteiger partial charge in [-0.3, -0.25) is 4.79 Å². The molecule has 1 amide bonds. The van der Waals surface area contributed by atoms with E-state index in [1.807, 2.05) is 26.0 Å². The van der Waals surface area contributed by atoms with Crippen LogP contribution in [0, 0.1) is 0 Å². The van der Waals surface area contributed by atoms with E-state index in [-0.39, 0.29) is 11.9 Å². The van der Waals surface area contributed by atoms with Crippen LogP contribution < -0.4 is 15.4 Å². The van der Waals surface area contributed by atoms with Crippen molar-refractivity contribution in [3.63, 3.8) is 0 Å². The summed E-state index contributed by atoms with van der Waals surface area (Å²) < 4.78 is 5.52. The molecule has 1 rings (SSSR count). The van der Waals surface area contributed by atoms with Crippen molar-refractivity contribution in [3.8, 4) is 5.75 Å². The van der Waals surface area contributed by atoms with Gasteiger partial charge in [-0.25, -0.2) is 0 Å². The molecule has 0 aromatic heterocycles. The van der Waals surface area contributed by atoms with Crippen molar-refractivity contribution < 1.29 is 9.53 Å². The molecule has 1 atom stereocenters. The van der Waals surface area contributed by atoms with Gasteiger partial charge < -0.3 is 15.4 Å². The van der Waals surface area contributed by atoms with Gasteiger partial charge in [-0.1, -0.05) is 19.9 Å². The van der Waals surface area contributed by atoms with E-state index in [9.17, 15) is 4.79 Å². The van der Waals surface area contributed by atoms with Crippen molar-refractivity contribution in [2.24, 2.45) is 0 Å². The average molecular weight is 264 g/mol. The molecule has 0 heterocycles. The Labute approximate surface area is 115 Å². The highest BCUT2D eigenvalue weighted by atomic mass is 16.5. The number of ether oxygens (including phenoxy) is 1. The van der Waals surface area contributed by atoms with Gasteiger partial charge in [0.1, 0.15) is 5.75 Å². The normalized spacial score (nSPS) is 11.9. The van der Waals surface area contributed by atoms with Gasteiger partial charge in [0.2, 0.25) is 0 Å². The lowest BCUT2D eigenvalue weighted by molar-refractivity contribution is 0.0950. The smallest absolute Gasteiger partial charge is 0.251 e. The van der Waals surface area contributed by atoms with Crippen LogP contribution in [0.3, 0.4) is 0 Å². The number of nitrogens with one attached hydrogen (secondary N) is 2. The van der Waals surface area contributed by atoms with E-state index in [4.69, 9.17) is 4.74 Å². The van der Waals surface area contributed by atoms with Gasteiger partial charge in [-0.05, 0) is 38.1 Å². The molecule has 2 N–H and O–H groups in total. The Morgan fingerprint density at radius 1 is 1.37 bits per heavy atom. The second kappa shape index (κ2) is 8.53. The molecule has 1 aromatic carbocycles. The highest BCUT2D eigenvalue weighted by Gasteiger charge is 2.08. The van der Waals surface area contributed by atoms with Crippen LogP contribution in [0.5, 0.6) is 5.75 Å².